The van der Waals surface area contributed by atoms with Crippen molar-refractivity contribution in [3.63, 3.8) is 0 Å². The Morgan fingerprint density at radius 3 is 2.62 bits per heavy atom. The molecule has 0 radical (unpaired) electrons. The lowest BCUT2D eigenvalue weighted by molar-refractivity contribution is -0.121. The molecule has 0 atom stereocenters. The van der Waals surface area contributed by atoms with Crippen LogP contribution < -0.4 is 9.64 Å². The number of anilines is 1. The molecule has 37 heavy (non-hydrogen) atoms. The molecule has 1 aliphatic rings. The van der Waals surface area contributed by atoms with E-state index >= 15 is 0 Å². The van der Waals surface area contributed by atoms with Crippen molar-refractivity contribution in [1.29, 1.82) is 0 Å². The standard InChI is InChI=1S/C26H29FN8O2/c1-5-33-8-9-34(23(36)14-33)18-7-6-17(28-12-18)10-22-29-13-19(27)24(32-22)20-11-21-25(26(31-20)37-4)30-15-35(21)16(2)3/h6-7,11-13,15-16H,5,8-10,14H2,1-4H3. The Morgan fingerprint density at radius 2 is 1.95 bits per heavy atom. The highest BCUT2D eigenvalue weighted by Gasteiger charge is 2.24. The zero-order valence-electron chi connectivity index (χ0n) is 21.3. The molecule has 4 aromatic heterocycles. The number of imidazole rings is 1. The first kappa shape index (κ1) is 24.7. The molecule has 4 aromatic rings. The van der Waals surface area contributed by atoms with E-state index in [4.69, 9.17) is 4.74 Å². The van der Waals surface area contributed by atoms with Crippen LogP contribution in [0.1, 0.15) is 38.3 Å². The number of piperazine rings is 1. The number of methoxy groups -OCH3 is 1. The van der Waals surface area contributed by atoms with Crippen LogP contribution >= 0.6 is 0 Å². The quantitative estimate of drug-likeness (QED) is 0.378. The molecule has 5 rings (SSSR count). The van der Waals surface area contributed by atoms with Gasteiger partial charge in [0.2, 0.25) is 11.8 Å². The van der Waals surface area contributed by atoms with Crippen molar-refractivity contribution in [2.45, 2.75) is 33.2 Å². The summed E-state index contributed by atoms with van der Waals surface area (Å²) in [6.07, 6.45) is 4.86. The zero-order chi connectivity index (χ0) is 26.1. The number of ether oxygens (including phenoxy) is 1. The van der Waals surface area contributed by atoms with Crippen LogP contribution in [0.3, 0.4) is 0 Å². The Kier molecular flexibility index (Phi) is 6.79. The fraction of sp³-hybridized carbons (Fsp3) is 0.385. The second-order valence-electron chi connectivity index (χ2n) is 9.21. The van der Waals surface area contributed by atoms with Gasteiger partial charge in [-0.25, -0.2) is 24.3 Å². The SMILES string of the molecule is CCN1CCN(c2ccc(Cc3ncc(F)c(-c4cc5c(ncn5C(C)C)c(OC)n4)n3)nc2)C(=O)C1. The number of hydrogen-bond acceptors (Lipinski definition) is 8. The fourth-order valence-corrected chi connectivity index (χ4v) is 4.45. The van der Waals surface area contributed by atoms with Gasteiger partial charge in [-0.3, -0.25) is 14.7 Å². The third-order valence-electron chi connectivity index (χ3n) is 6.52. The second-order valence-corrected chi connectivity index (χ2v) is 9.21. The van der Waals surface area contributed by atoms with Crippen molar-refractivity contribution in [2.24, 2.45) is 0 Å². The van der Waals surface area contributed by atoms with E-state index < -0.39 is 5.82 Å². The van der Waals surface area contributed by atoms with Crippen LogP contribution in [-0.4, -0.2) is 73.6 Å². The summed E-state index contributed by atoms with van der Waals surface area (Å²) in [5.74, 6) is 0.190. The van der Waals surface area contributed by atoms with E-state index in [1.165, 1.54) is 7.11 Å². The molecular weight excluding hydrogens is 475 g/mol. The number of halogens is 1. The van der Waals surface area contributed by atoms with Crippen LogP contribution in [0.2, 0.25) is 0 Å². The molecule has 1 saturated heterocycles. The smallest absolute Gasteiger partial charge is 0.242 e. The van der Waals surface area contributed by atoms with Gasteiger partial charge in [0.15, 0.2) is 11.3 Å². The first-order valence-electron chi connectivity index (χ1n) is 12.3. The number of likely N-dealkylation sites (N-methyl/N-ethyl adjacent to an activating group) is 1. The number of nitrogens with zero attached hydrogens (tertiary/aromatic N) is 8. The van der Waals surface area contributed by atoms with Gasteiger partial charge < -0.3 is 14.2 Å². The number of fused-ring (bicyclic) bond motifs is 1. The molecule has 0 saturated carbocycles. The maximum atomic E-state index is 14.9. The van der Waals surface area contributed by atoms with E-state index in [-0.39, 0.29) is 17.6 Å². The van der Waals surface area contributed by atoms with Crippen molar-refractivity contribution in [1.82, 2.24) is 34.4 Å². The molecule has 0 bridgehead atoms. The summed E-state index contributed by atoms with van der Waals surface area (Å²) in [4.78, 5) is 38.4. The highest BCUT2D eigenvalue weighted by atomic mass is 19.1. The monoisotopic (exact) mass is 504 g/mol. The van der Waals surface area contributed by atoms with Crippen LogP contribution in [0, 0.1) is 5.82 Å². The molecule has 0 aromatic carbocycles. The van der Waals surface area contributed by atoms with E-state index in [2.05, 4.69) is 29.8 Å². The lowest BCUT2D eigenvalue weighted by Crippen LogP contribution is -2.50. The Balaban J connectivity index is 1.41. The predicted molar refractivity (Wildman–Crippen MR) is 137 cm³/mol. The summed E-state index contributed by atoms with van der Waals surface area (Å²) in [5.41, 5.74) is 3.27. The van der Waals surface area contributed by atoms with Crippen molar-refractivity contribution in [3.8, 4) is 17.3 Å². The summed E-state index contributed by atoms with van der Waals surface area (Å²) in [6, 6.07) is 5.63. The van der Waals surface area contributed by atoms with Crippen LogP contribution in [-0.2, 0) is 11.2 Å². The molecule has 1 fully saturated rings. The number of hydrogen-bond donors (Lipinski definition) is 0. The highest BCUT2D eigenvalue weighted by Crippen LogP contribution is 2.30. The largest absolute Gasteiger partial charge is 0.479 e. The molecule has 0 N–H and O–H groups in total. The van der Waals surface area contributed by atoms with Crippen LogP contribution in [0.4, 0.5) is 10.1 Å². The van der Waals surface area contributed by atoms with Gasteiger partial charge >= 0.3 is 0 Å². The normalized spacial score (nSPS) is 14.6. The number of amides is 1. The zero-order valence-corrected chi connectivity index (χ0v) is 21.3. The molecule has 11 heteroatoms. The predicted octanol–water partition coefficient (Wildman–Crippen LogP) is 3.27. The Morgan fingerprint density at radius 1 is 1.11 bits per heavy atom. The maximum absolute atomic E-state index is 14.9. The number of pyridine rings is 2. The molecule has 5 heterocycles. The molecule has 0 spiro atoms. The molecule has 1 aliphatic heterocycles. The van der Waals surface area contributed by atoms with Crippen molar-refractivity contribution in [2.75, 3.05) is 38.2 Å². The van der Waals surface area contributed by atoms with Gasteiger partial charge in [0, 0.05) is 24.8 Å². The molecular formula is C26H29FN8O2. The fourth-order valence-electron chi connectivity index (χ4n) is 4.45. The van der Waals surface area contributed by atoms with E-state index in [0.717, 1.165) is 30.5 Å². The van der Waals surface area contributed by atoms with Gasteiger partial charge in [-0.05, 0) is 38.6 Å². The summed E-state index contributed by atoms with van der Waals surface area (Å²) in [5, 5.41) is 0. The maximum Gasteiger partial charge on any atom is 0.242 e. The average Bonchev–Trinajstić information content (AvgIpc) is 3.34. The third kappa shape index (κ3) is 4.86. The summed E-state index contributed by atoms with van der Waals surface area (Å²) in [7, 11) is 1.51. The van der Waals surface area contributed by atoms with Gasteiger partial charge in [-0.15, -0.1) is 0 Å². The van der Waals surface area contributed by atoms with Crippen LogP contribution in [0.15, 0.2) is 36.9 Å². The first-order valence-corrected chi connectivity index (χ1v) is 12.3. The van der Waals surface area contributed by atoms with Crippen molar-refractivity contribution >= 4 is 22.6 Å². The third-order valence-corrected chi connectivity index (χ3v) is 6.52. The summed E-state index contributed by atoms with van der Waals surface area (Å²) < 4.78 is 22.3. The van der Waals surface area contributed by atoms with Crippen molar-refractivity contribution in [3.05, 3.63) is 54.3 Å². The van der Waals surface area contributed by atoms with Crippen LogP contribution in [0.25, 0.3) is 22.4 Å². The lowest BCUT2D eigenvalue weighted by Gasteiger charge is -2.33. The van der Waals surface area contributed by atoms with E-state index in [0.29, 0.717) is 48.1 Å². The number of carbonyl (C=O) groups excluding carboxylic acids is 1. The van der Waals surface area contributed by atoms with Crippen LogP contribution in [0.5, 0.6) is 5.88 Å². The van der Waals surface area contributed by atoms with Crippen molar-refractivity contribution < 1.29 is 13.9 Å². The topological polar surface area (TPSA) is 102 Å². The molecule has 1 amide bonds. The van der Waals surface area contributed by atoms with Gasteiger partial charge in [0.05, 0.1) is 55.7 Å². The Bertz CT molecular complexity index is 1440. The van der Waals surface area contributed by atoms with E-state index in [1.807, 2.05) is 37.5 Å². The first-order chi connectivity index (χ1) is 17.9. The van der Waals surface area contributed by atoms with Gasteiger partial charge in [0.25, 0.3) is 0 Å². The lowest BCUT2D eigenvalue weighted by atomic mass is 10.2. The Hall–Kier alpha value is -3.99. The number of carbonyl (C=O) groups is 1. The summed E-state index contributed by atoms with van der Waals surface area (Å²) >= 11 is 0. The molecule has 10 nitrogen and oxygen atoms in total. The van der Waals surface area contributed by atoms with E-state index in [9.17, 15) is 9.18 Å². The molecule has 192 valence electrons. The van der Waals surface area contributed by atoms with Gasteiger partial charge in [-0.2, -0.15) is 0 Å². The second kappa shape index (κ2) is 10.2. The van der Waals surface area contributed by atoms with E-state index in [1.54, 1.807) is 23.5 Å². The molecule has 0 aliphatic carbocycles. The number of rotatable bonds is 7. The van der Waals surface area contributed by atoms with Gasteiger partial charge in [0.1, 0.15) is 11.5 Å². The minimum Gasteiger partial charge on any atom is -0.479 e. The number of aromatic nitrogens is 6. The highest BCUT2D eigenvalue weighted by molar-refractivity contribution is 5.95. The summed E-state index contributed by atoms with van der Waals surface area (Å²) in [6.45, 7) is 8.86. The van der Waals surface area contributed by atoms with Gasteiger partial charge in [-0.1, -0.05) is 6.92 Å². The molecule has 0 unspecified atom stereocenters. The minimum atomic E-state index is -0.582. The average molecular weight is 505 g/mol. The Labute approximate surface area is 214 Å². The minimum absolute atomic E-state index is 0.0628.